The van der Waals surface area contributed by atoms with Gasteiger partial charge in [-0.1, -0.05) is 23.5 Å². The smallest absolute Gasteiger partial charge is 0.183 e. The first-order chi connectivity index (χ1) is 9.24. The van der Waals surface area contributed by atoms with Gasteiger partial charge >= 0.3 is 0 Å². The standard InChI is InChI=1S/C13H15N5S/c1-9-4-3-5-10-12(9)16-13(19-10)14-7-6-11-17-15-8-18(11)2/h3-5,8H,6-7H2,1-2H3,(H,14,16). The van der Waals surface area contributed by atoms with Gasteiger partial charge in [0.25, 0.3) is 0 Å². The van der Waals surface area contributed by atoms with Gasteiger partial charge in [-0.15, -0.1) is 10.2 Å². The second kappa shape index (κ2) is 4.97. The lowest BCUT2D eigenvalue weighted by Gasteiger charge is -2.01. The Kier molecular flexibility index (Phi) is 3.16. The van der Waals surface area contributed by atoms with Crippen molar-refractivity contribution in [1.29, 1.82) is 0 Å². The van der Waals surface area contributed by atoms with E-state index in [-0.39, 0.29) is 0 Å². The van der Waals surface area contributed by atoms with Crippen LogP contribution in [0.25, 0.3) is 10.2 Å². The minimum atomic E-state index is 0.811. The number of rotatable bonds is 4. The van der Waals surface area contributed by atoms with E-state index in [0.29, 0.717) is 0 Å². The summed E-state index contributed by atoms with van der Waals surface area (Å²) in [5.74, 6) is 0.977. The second-order valence-corrected chi connectivity index (χ2v) is 5.51. The first-order valence-electron chi connectivity index (χ1n) is 6.17. The Morgan fingerprint density at radius 3 is 3.00 bits per heavy atom. The van der Waals surface area contributed by atoms with Gasteiger partial charge in [-0.3, -0.25) is 0 Å². The molecule has 0 fully saturated rings. The molecule has 1 N–H and O–H groups in total. The molecule has 0 atom stereocenters. The number of fused-ring (bicyclic) bond motifs is 1. The quantitative estimate of drug-likeness (QED) is 0.793. The Morgan fingerprint density at radius 1 is 1.37 bits per heavy atom. The number of hydrogen-bond acceptors (Lipinski definition) is 5. The molecule has 0 aliphatic rings. The third-order valence-electron chi connectivity index (χ3n) is 3.05. The molecule has 19 heavy (non-hydrogen) atoms. The van der Waals surface area contributed by atoms with Crippen LogP contribution in [0.1, 0.15) is 11.4 Å². The molecule has 0 aliphatic carbocycles. The van der Waals surface area contributed by atoms with E-state index < -0.39 is 0 Å². The number of thiazole rings is 1. The number of nitrogens with one attached hydrogen (secondary N) is 1. The molecule has 0 spiro atoms. The highest BCUT2D eigenvalue weighted by atomic mass is 32.1. The predicted molar refractivity (Wildman–Crippen MR) is 77.6 cm³/mol. The van der Waals surface area contributed by atoms with Gasteiger partial charge in [-0.25, -0.2) is 4.98 Å². The Hall–Kier alpha value is -1.95. The fourth-order valence-corrected chi connectivity index (χ4v) is 2.95. The molecular formula is C13H15N5S. The predicted octanol–water partition coefficient (Wildman–Crippen LogP) is 2.39. The normalized spacial score (nSPS) is 11.1. The Balaban J connectivity index is 1.69. The van der Waals surface area contributed by atoms with E-state index in [0.717, 1.165) is 29.4 Å². The van der Waals surface area contributed by atoms with Crippen LogP contribution >= 0.6 is 11.3 Å². The summed E-state index contributed by atoms with van der Waals surface area (Å²) in [6.07, 6.45) is 2.56. The summed E-state index contributed by atoms with van der Waals surface area (Å²) in [4.78, 5) is 4.62. The van der Waals surface area contributed by atoms with Crippen molar-refractivity contribution >= 4 is 26.7 Å². The van der Waals surface area contributed by atoms with E-state index in [4.69, 9.17) is 0 Å². The molecule has 0 saturated carbocycles. The molecule has 3 rings (SSSR count). The lowest BCUT2D eigenvalue weighted by Crippen LogP contribution is -2.08. The Labute approximate surface area is 115 Å². The van der Waals surface area contributed by atoms with E-state index >= 15 is 0 Å². The van der Waals surface area contributed by atoms with E-state index in [2.05, 4.69) is 45.6 Å². The highest BCUT2D eigenvalue weighted by Crippen LogP contribution is 2.27. The maximum atomic E-state index is 4.62. The number of hydrogen-bond donors (Lipinski definition) is 1. The SMILES string of the molecule is Cc1cccc2sc(NCCc3nncn3C)nc12. The minimum absolute atomic E-state index is 0.811. The molecule has 0 bridgehead atoms. The number of anilines is 1. The summed E-state index contributed by atoms with van der Waals surface area (Å²) < 4.78 is 3.16. The fourth-order valence-electron chi connectivity index (χ4n) is 1.98. The van der Waals surface area contributed by atoms with Crippen molar-refractivity contribution < 1.29 is 0 Å². The van der Waals surface area contributed by atoms with E-state index in [1.165, 1.54) is 10.3 Å². The van der Waals surface area contributed by atoms with Crippen LogP contribution in [-0.2, 0) is 13.5 Å². The summed E-state index contributed by atoms with van der Waals surface area (Å²) in [5.41, 5.74) is 2.31. The number of para-hydroxylation sites is 1. The van der Waals surface area contributed by atoms with Gasteiger partial charge in [0.1, 0.15) is 12.2 Å². The van der Waals surface area contributed by atoms with E-state index in [1.54, 1.807) is 17.7 Å². The van der Waals surface area contributed by atoms with Crippen LogP contribution in [-0.4, -0.2) is 26.3 Å². The average molecular weight is 273 g/mol. The van der Waals surface area contributed by atoms with Crippen molar-refractivity contribution in [1.82, 2.24) is 19.7 Å². The Bertz CT molecular complexity index is 700. The third-order valence-corrected chi connectivity index (χ3v) is 4.03. The molecule has 0 radical (unpaired) electrons. The molecule has 0 aliphatic heterocycles. The first kappa shape index (κ1) is 12.1. The number of aromatic nitrogens is 4. The van der Waals surface area contributed by atoms with Crippen molar-refractivity contribution in [2.45, 2.75) is 13.3 Å². The van der Waals surface area contributed by atoms with Crippen molar-refractivity contribution in [3.8, 4) is 0 Å². The lowest BCUT2D eigenvalue weighted by molar-refractivity contribution is 0.788. The molecule has 5 nitrogen and oxygen atoms in total. The van der Waals surface area contributed by atoms with Crippen LogP contribution in [0.3, 0.4) is 0 Å². The lowest BCUT2D eigenvalue weighted by atomic mass is 10.2. The van der Waals surface area contributed by atoms with Gasteiger partial charge in [0, 0.05) is 20.0 Å². The molecular weight excluding hydrogens is 258 g/mol. The molecule has 2 aromatic heterocycles. The maximum Gasteiger partial charge on any atom is 0.183 e. The van der Waals surface area contributed by atoms with Gasteiger partial charge in [-0.05, 0) is 18.6 Å². The highest BCUT2D eigenvalue weighted by Gasteiger charge is 2.06. The monoisotopic (exact) mass is 273 g/mol. The van der Waals surface area contributed by atoms with E-state index in [1.807, 2.05) is 11.6 Å². The topological polar surface area (TPSA) is 55.6 Å². The number of nitrogens with zero attached hydrogens (tertiary/aromatic N) is 4. The zero-order chi connectivity index (χ0) is 13.2. The molecule has 3 aromatic rings. The van der Waals surface area contributed by atoms with Crippen LogP contribution < -0.4 is 5.32 Å². The van der Waals surface area contributed by atoms with Gasteiger partial charge in [0.2, 0.25) is 0 Å². The van der Waals surface area contributed by atoms with Gasteiger partial charge in [0.05, 0.1) is 10.2 Å². The summed E-state index contributed by atoms with van der Waals surface area (Å²) in [5, 5.41) is 12.2. The summed E-state index contributed by atoms with van der Waals surface area (Å²) in [6, 6.07) is 6.26. The molecule has 1 aromatic carbocycles. The van der Waals surface area contributed by atoms with Crippen molar-refractivity contribution in [3.05, 3.63) is 35.9 Å². The molecule has 98 valence electrons. The van der Waals surface area contributed by atoms with E-state index in [9.17, 15) is 0 Å². The summed E-state index contributed by atoms with van der Waals surface area (Å²) in [6.45, 7) is 2.90. The maximum absolute atomic E-state index is 4.62. The Morgan fingerprint density at radius 2 is 2.26 bits per heavy atom. The van der Waals surface area contributed by atoms with Crippen LogP contribution in [0.5, 0.6) is 0 Å². The van der Waals surface area contributed by atoms with Crippen molar-refractivity contribution in [2.24, 2.45) is 7.05 Å². The molecule has 0 unspecified atom stereocenters. The largest absolute Gasteiger partial charge is 0.361 e. The van der Waals surface area contributed by atoms with Crippen LogP contribution in [0, 0.1) is 6.92 Å². The van der Waals surface area contributed by atoms with Crippen LogP contribution in [0.15, 0.2) is 24.5 Å². The minimum Gasteiger partial charge on any atom is -0.361 e. The summed E-state index contributed by atoms with van der Waals surface area (Å²) in [7, 11) is 1.95. The van der Waals surface area contributed by atoms with Crippen LogP contribution in [0.4, 0.5) is 5.13 Å². The number of aryl methyl sites for hydroxylation is 2. The molecule has 6 heteroatoms. The number of benzene rings is 1. The first-order valence-corrected chi connectivity index (χ1v) is 6.98. The highest BCUT2D eigenvalue weighted by molar-refractivity contribution is 7.22. The molecule has 0 saturated heterocycles. The third kappa shape index (κ3) is 2.44. The fraction of sp³-hybridized carbons (Fsp3) is 0.308. The zero-order valence-electron chi connectivity index (χ0n) is 10.9. The average Bonchev–Trinajstić information content (AvgIpc) is 2.97. The van der Waals surface area contributed by atoms with Gasteiger partial charge in [0.15, 0.2) is 5.13 Å². The second-order valence-electron chi connectivity index (χ2n) is 4.48. The molecule has 0 amide bonds. The summed E-state index contributed by atoms with van der Waals surface area (Å²) >= 11 is 1.69. The zero-order valence-corrected chi connectivity index (χ0v) is 11.7. The van der Waals surface area contributed by atoms with Crippen molar-refractivity contribution in [2.75, 3.05) is 11.9 Å². The van der Waals surface area contributed by atoms with Gasteiger partial charge < -0.3 is 9.88 Å². The van der Waals surface area contributed by atoms with Crippen molar-refractivity contribution in [3.63, 3.8) is 0 Å². The van der Waals surface area contributed by atoms with Crippen LogP contribution in [0.2, 0.25) is 0 Å². The molecule has 2 heterocycles. The van der Waals surface area contributed by atoms with Gasteiger partial charge in [-0.2, -0.15) is 0 Å².